The van der Waals surface area contributed by atoms with E-state index in [4.69, 9.17) is 4.74 Å². The third kappa shape index (κ3) is 3.42. The number of esters is 1. The van der Waals surface area contributed by atoms with Gasteiger partial charge in [-0.15, -0.1) is 0 Å². The van der Waals surface area contributed by atoms with Gasteiger partial charge in [-0.2, -0.15) is 18.1 Å². The van der Waals surface area contributed by atoms with Crippen molar-refractivity contribution in [1.82, 2.24) is 4.90 Å². The lowest BCUT2D eigenvalue weighted by atomic mass is 10.2. The first-order valence-electron chi connectivity index (χ1n) is 5.59. The summed E-state index contributed by atoms with van der Waals surface area (Å²) >= 11 is 0.990. The van der Waals surface area contributed by atoms with Crippen molar-refractivity contribution in [1.29, 1.82) is 0 Å². The summed E-state index contributed by atoms with van der Waals surface area (Å²) in [4.78, 5) is 11.3. The first-order chi connectivity index (χ1) is 8.88. The van der Waals surface area contributed by atoms with Gasteiger partial charge in [-0.1, -0.05) is 42.1 Å². The predicted molar refractivity (Wildman–Crippen MR) is 65.1 cm³/mol. The zero-order valence-corrected chi connectivity index (χ0v) is 10.9. The normalized spacial score (nSPS) is 24.4. The van der Waals surface area contributed by atoms with E-state index < -0.39 is 23.1 Å². The van der Waals surface area contributed by atoms with Crippen LogP contribution in [0.3, 0.4) is 0 Å². The van der Waals surface area contributed by atoms with E-state index in [0.717, 1.165) is 11.8 Å². The van der Waals surface area contributed by atoms with E-state index >= 15 is 0 Å². The molecule has 0 spiro atoms. The maximum Gasteiger partial charge on any atom is 0.461 e. The minimum Gasteiger partial charge on any atom is -0.450 e. The third-order valence-corrected chi connectivity index (χ3v) is 3.95. The Kier molecular flexibility index (Phi) is 4.05. The van der Waals surface area contributed by atoms with Gasteiger partial charge < -0.3 is 4.74 Å². The van der Waals surface area contributed by atoms with Gasteiger partial charge in [0, 0.05) is 6.92 Å². The van der Waals surface area contributed by atoms with Crippen LogP contribution in [0.15, 0.2) is 30.3 Å². The highest BCUT2D eigenvalue weighted by Crippen LogP contribution is 2.47. The molecule has 1 aromatic rings. The van der Waals surface area contributed by atoms with Crippen molar-refractivity contribution in [3.05, 3.63) is 35.9 Å². The van der Waals surface area contributed by atoms with Gasteiger partial charge in [0.1, 0.15) is 0 Å². The number of ether oxygens (including phenoxy) is 1. The smallest absolute Gasteiger partial charge is 0.450 e. The molecule has 7 heteroatoms. The Bertz CT molecular complexity index is 452. The van der Waals surface area contributed by atoms with Crippen LogP contribution < -0.4 is 0 Å². The molecule has 1 saturated heterocycles. The molecule has 1 fully saturated rings. The lowest BCUT2D eigenvalue weighted by Crippen LogP contribution is -2.38. The molecule has 0 amide bonds. The Labute approximate surface area is 112 Å². The van der Waals surface area contributed by atoms with E-state index in [0.29, 0.717) is 10.5 Å². The Morgan fingerprint density at radius 3 is 2.53 bits per heavy atom. The molecule has 1 aliphatic rings. The molecule has 2 unspecified atom stereocenters. The standard InChI is InChI=1S/C12H12F3NO2S/c1-8(17)18-10-7-16(12(13,14)15)11(19-10)9-5-3-2-4-6-9/h2-6,10-11H,7H2,1H3. The zero-order chi connectivity index (χ0) is 14.0. The third-order valence-electron chi connectivity index (χ3n) is 2.62. The molecule has 1 heterocycles. The summed E-state index contributed by atoms with van der Waals surface area (Å²) in [5.74, 6) is -0.576. The fraction of sp³-hybridized carbons (Fsp3) is 0.417. The minimum atomic E-state index is -4.46. The quantitative estimate of drug-likeness (QED) is 0.618. The fourth-order valence-corrected chi connectivity index (χ4v) is 3.27. The summed E-state index contributed by atoms with van der Waals surface area (Å²) in [6.07, 6.45) is -4.46. The number of carbonyl (C=O) groups excluding carboxylic acids is 1. The topological polar surface area (TPSA) is 29.5 Å². The highest BCUT2D eigenvalue weighted by Gasteiger charge is 2.49. The van der Waals surface area contributed by atoms with Gasteiger partial charge in [-0.25, -0.2) is 0 Å². The van der Waals surface area contributed by atoms with Crippen LogP contribution in [0.4, 0.5) is 13.2 Å². The van der Waals surface area contributed by atoms with Gasteiger partial charge in [0.15, 0.2) is 5.44 Å². The average Bonchev–Trinajstić information content (AvgIpc) is 2.73. The largest absolute Gasteiger partial charge is 0.461 e. The van der Waals surface area contributed by atoms with E-state index in [1.165, 1.54) is 6.92 Å². The number of alkyl halides is 3. The SMILES string of the molecule is CC(=O)OC1CN(C(F)(F)F)C(c2ccccc2)S1. The van der Waals surface area contributed by atoms with E-state index in [1.807, 2.05) is 0 Å². The average molecular weight is 291 g/mol. The maximum atomic E-state index is 13.0. The van der Waals surface area contributed by atoms with E-state index in [1.54, 1.807) is 30.3 Å². The van der Waals surface area contributed by atoms with E-state index in [-0.39, 0.29) is 6.54 Å². The highest BCUT2D eigenvalue weighted by atomic mass is 32.2. The molecule has 3 nitrogen and oxygen atoms in total. The first-order valence-corrected chi connectivity index (χ1v) is 6.53. The maximum absolute atomic E-state index is 13.0. The second-order valence-electron chi connectivity index (χ2n) is 4.06. The van der Waals surface area contributed by atoms with Crippen molar-refractivity contribution in [2.75, 3.05) is 6.54 Å². The van der Waals surface area contributed by atoms with Gasteiger partial charge in [0.25, 0.3) is 0 Å². The Balaban J connectivity index is 2.22. The second-order valence-corrected chi connectivity index (χ2v) is 5.30. The Hall–Kier alpha value is -1.21. The van der Waals surface area contributed by atoms with Gasteiger partial charge in [-0.05, 0) is 5.56 Å². The number of nitrogens with zero attached hydrogens (tertiary/aromatic N) is 1. The Morgan fingerprint density at radius 2 is 2.00 bits per heavy atom. The van der Waals surface area contributed by atoms with Crippen molar-refractivity contribution in [3.63, 3.8) is 0 Å². The van der Waals surface area contributed by atoms with Crippen molar-refractivity contribution in [2.24, 2.45) is 0 Å². The molecule has 0 aliphatic carbocycles. The molecule has 0 N–H and O–H groups in total. The number of hydrogen-bond donors (Lipinski definition) is 0. The van der Waals surface area contributed by atoms with Crippen LogP contribution in [0.1, 0.15) is 17.9 Å². The lowest BCUT2D eigenvalue weighted by Gasteiger charge is -2.25. The summed E-state index contributed by atoms with van der Waals surface area (Å²) in [6.45, 7) is 0.835. The van der Waals surface area contributed by atoms with Gasteiger partial charge in [0.05, 0.1) is 11.9 Å². The monoisotopic (exact) mass is 291 g/mol. The molecule has 0 aromatic heterocycles. The summed E-state index contributed by atoms with van der Waals surface area (Å²) < 4.78 is 43.8. The van der Waals surface area contributed by atoms with Crippen LogP contribution in [0.25, 0.3) is 0 Å². The Morgan fingerprint density at radius 1 is 1.37 bits per heavy atom. The minimum absolute atomic E-state index is 0.354. The van der Waals surface area contributed by atoms with Crippen LogP contribution in [-0.4, -0.2) is 29.2 Å². The summed E-state index contributed by atoms with van der Waals surface area (Å²) in [5.41, 5.74) is -0.260. The van der Waals surface area contributed by atoms with Crippen LogP contribution in [0.2, 0.25) is 0 Å². The van der Waals surface area contributed by atoms with Crippen molar-refractivity contribution >= 4 is 17.7 Å². The molecule has 0 radical (unpaired) electrons. The molecule has 0 bridgehead atoms. The molecule has 1 aromatic carbocycles. The number of carbonyl (C=O) groups is 1. The fourth-order valence-electron chi connectivity index (χ4n) is 1.88. The van der Waals surface area contributed by atoms with Crippen molar-refractivity contribution in [3.8, 4) is 0 Å². The summed E-state index contributed by atoms with van der Waals surface area (Å²) in [7, 11) is 0. The van der Waals surface area contributed by atoms with Crippen molar-refractivity contribution < 1.29 is 22.7 Å². The first kappa shape index (κ1) is 14.2. The van der Waals surface area contributed by atoms with Crippen LogP contribution in [0, 0.1) is 0 Å². The molecule has 0 saturated carbocycles. The number of rotatable bonds is 2. The van der Waals surface area contributed by atoms with Gasteiger partial charge in [0.2, 0.25) is 0 Å². The van der Waals surface area contributed by atoms with E-state index in [9.17, 15) is 18.0 Å². The molecular formula is C12H12F3NO2S. The molecular weight excluding hydrogens is 279 g/mol. The lowest BCUT2D eigenvalue weighted by molar-refractivity contribution is -0.250. The number of thioether (sulfide) groups is 1. The van der Waals surface area contributed by atoms with E-state index in [2.05, 4.69) is 0 Å². The number of benzene rings is 1. The molecule has 19 heavy (non-hydrogen) atoms. The predicted octanol–water partition coefficient (Wildman–Crippen LogP) is 3.14. The molecule has 2 rings (SSSR count). The second kappa shape index (κ2) is 5.42. The van der Waals surface area contributed by atoms with Gasteiger partial charge in [-0.3, -0.25) is 4.79 Å². The summed E-state index contributed by atoms with van der Waals surface area (Å²) in [5, 5.41) is -0.884. The van der Waals surface area contributed by atoms with Crippen molar-refractivity contribution in [2.45, 2.75) is 24.0 Å². The van der Waals surface area contributed by atoms with Gasteiger partial charge >= 0.3 is 12.3 Å². The molecule has 104 valence electrons. The van der Waals surface area contributed by atoms with Crippen LogP contribution >= 0.6 is 11.8 Å². The van der Waals surface area contributed by atoms with Crippen LogP contribution in [-0.2, 0) is 9.53 Å². The number of hydrogen-bond acceptors (Lipinski definition) is 4. The molecule has 2 atom stereocenters. The molecule has 1 aliphatic heterocycles. The van der Waals surface area contributed by atoms with Crippen LogP contribution in [0.5, 0.6) is 0 Å². The summed E-state index contributed by atoms with van der Waals surface area (Å²) in [6, 6.07) is 8.37. The zero-order valence-electron chi connectivity index (χ0n) is 10.1. The number of halogens is 3. The highest BCUT2D eigenvalue weighted by molar-refractivity contribution is 8.00.